The van der Waals surface area contributed by atoms with E-state index in [1.807, 2.05) is 24.3 Å². The van der Waals surface area contributed by atoms with Gasteiger partial charge in [0, 0.05) is 13.1 Å². The molecule has 0 aliphatic carbocycles. The molecule has 1 unspecified atom stereocenters. The number of likely N-dealkylation sites (tertiary alicyclic amines) is 1. The Kier molecular flexibility index (Phi) is 4.49. The van der Waals surface area contributed by atoms with Crippen molar-refractivity contribution < 1.29 is 19.4 Å². The molecule has 0 amide bonds. The Bertz CT molecular complexity index is 477. The smallest absolute Gasteiger partial charge is 0.310 e. The van der Waals surface area contributed by atoms with Gasteiger partial charge in [-0.15, -0.1) is 0 Å². The second-order valence-corrected chi connectivity index (χ2v) is 5.39. The molecule has 1 aromatic rings. The van der Waals surface area contributed by atoms with Crippen LogP contribution >= 0.6 is 0 Å². The van der Waals surface area contributed by atoms with E-state index in [0.717, 1.165) is 18.8 Å². The minimum absolute atomic E-state index is 0.524. The van der Waals surface area contributed by atoms with Gasteiger partial charge in [-0.25, -0.2) is 0 Å². The van der Waals surface area contributed by atoms with E-state index in [-0.39, 0.29) is 0 Å². The van der Waals surface area contributed by atoms with Crippen molar-refractivity contribution in [3.63, 3.8) is 0 Å². The molecule has 1 aromatic carbocycles. The van der Waals surface area contributed by atoms with Crippen LogP contribution in [0, 0.1) is 5.41 Å². The van der Waals surface area contributed by atoms with Crippen LogP contribution in [0.1, 0.15) is 13.3 Å². The first kappa shape index (κ1) is 14.7. The van der Waals surface area contributed by atoms with Crippen LogP contribution in [0.15, 0.2) is 24.3 Å². The maximum atomic E-state index is 11.2. The third-order valence-electron chi connectivity index (χ3n) is 3.80. The van der Waals surface area contributed by atoms with Gasteiger partial charge in [0.2, 0.25) is 0 Å². The van der Waals surface area contributed by atoms with Crippen molar-refractivity contribution in [2.24, 2.45) is 5.41 Å². The van der Waals surface area contributed by atoms with Gasteiger partial charge in [-0.1, -0.05) is 12.1 Å². The molecule has 5 nitrogen and oxygen atoms in total. The Morgan fingerprint density at radius 3 is 2.70 bits per heavy atom. The molecular weight excluding hydrogens is 258 g/mol. The summed E-state index contributed by atoms with van der Waals surface area (Å²) in [6.45, 7) is 4.43. The van der Waals surface area contributed by atoms with Crippen LogP contribution in [0.25, 0.3) is 0 Å². The van der Waals surface area contributed by atoms with Gasteiger partial charge in [0.15, 0.2) is 11.5 Å². The number of aliphatic carboxylic acids is 1. The number of para-hydroxylation sites is 2. The number of hydrogen-bond acceptors (Lipinski definition) is 4. The lowest BCUT2D eigenvalue weighted by Gasteiger charge is -2.20. The quantitative estimate of drug-likeness (QED) is 0.861. The molecule has 20 heavy (non-hydrogen) atoms. The molecule has 5 heteroatoms. The highest BCUT2D eigenvalue weighted by atomic mass is 16.5. The molecule has 1 saturated heterocycles. The van der Waals surface area contributed by atoms with Crippen molar-refractivity contribution in [2.45, 2.75) is 13.3 Å². The SMILES string of the molecule is COc1ccccc1OCCN1CCC(C)(C(=O)O)C1. The summed E-state index contributed by atoms with van der Waals surface area (Å²) in [6, 6.07) is 7.51. The zero-order valence-corrected chi connectivity index (χ0v) is 12.0. The topological polar surface area (TPSA) is 59.0 Å². The summed E-state index contributed by atoms with van der Waals surface area (Å²) in [7, 11) is 1.61. The summed E-state index contributed by atoms with van der Waals surface area (Å²) in [5.41, 5.74) is -0.621. The first-order valence-corrected chi connectivity index (χ1v) is 6.77. The number of hydrogen-bond donors (Lipinski definition) is 1. The van der Waals surface area contributed by atoms with E-state index in [2.05, 4.69) is 4.90 Å². The zero-order chi connectivity index (χ0) is 14.6. The Labute approximate surface area is 119 Å². The number of carboxylic acid groups (broad SMARTS) is 1. The number of nitrogens with zero attached hydrogens (tertiary/aromatic N) is 1. The van der Waals surface area contributed by atoms with Gasteiger partial charge in [-0.2, -0.15) is 0 Å². The summed E-state index contributed by atoms with van der Waals surface area (Å²) >= 11 is 0. The first-order chi connectivity index (χ1) is 9.55. The predicted molar refractivity (Wildman–Crippen MR) is 75.3 cm³/mol. The molecule has 0 spiro atoms. The highest BCUT2D eigenvalue weighted by Crippen LogP contribution is 2.30. The van der Waals surface area contributed by atoms with Crippen molar-refractivity contribution >= 4 is 5.97 Å². The summed E-state index contributed by atoms with van der Waals surface area (Å²) in [4.78, 5) is 13.3. The van der Waals surface area contributed by atoms with Gasteiger partial charge in [0.05, 0.1) is 12.5 Å². The van der Waals surface area contributed by atoms with E-state index >= 15 is 0 Å². The number of ether oxygens (including phenoxy) is 2. The monoisotopic (exact) mass is 279 g/mol. The van der Waals surface area contributed by atoms with Gasteiger partial charge >= 0.3 is 5.97 Å². The highest BCUT2D eigenvalue weighted by molar-refractivity contribution is 5.74. The summed E-state index contributed by atoms with van der Waals surface area (Å²) in [5.74, 6) is 0.713. The minimum Gasteiger partial charge on any atom is -0.493 e. The van der Waals surface area contributed by atoms with Crippen LogP contribution in [0.3, 0.4) is 0 Å². The Morgan fingerprint density at radius 1 is 1.40 bits per heavy atom. The van der Waals surface area contributed by atoms with Crippen LogP contribution in [0.4, 0.5) is 0 Å². The Morgan fingerprint density at radius 2 is 2.10 bits per heavy atom. The average Bonchev–Trinajstić information content (AvgIpc) is 2.82. The lowest BCUT2D eigenvalue weighted by molar-refractivity contribution is -0.147. The standard InChI is InChI=1S/C15H21NO4/c1-15(14(17)18)7-8-16(11-15)9-10-20-13-6-4-3-5-12(13)19-2/h3-6H,7-11H2,1-2H3,(H,17,18). The van der Waals surface area contributed by atoms with Crippen molar-refractivity contribution in [1.29, 1.82) is 0 Å². The third-order valence-corrected chi connectivity index (χ3v) is 3.80. The second kappa shape index (κ2) is 6.13. The summed E-state index contributed by atoms with van der Waals surface area (Å²) < 4.78 is 10.9. The number of rotatable bonds is 6. The van der Waals surface area contributed by atoms with Crippen LogP contribution in [0.5, 0.6) is 11.5 Å². The van der Waals surface area contributed by atoms with E-state index < -0.39 is 11.4 Å². The first-order valence-electron chi connectivity index (χ1n) is 6.77. The summed E-state index contributed by atoms with van der Waals surface area (Å²) in [6.07, 6.45) is 0.691. The van der Waals surface area contributed by atoms with Crippen molar-refractivity contribution in [1.82, 2.24) is 4.90 Å². The molecule has 1 aliphatic rings. The second-order valence-electron chi connectivity index (χ2n) is 5.39. The predicted octanol–water partition coefficient (Wildman–Crippen LogP) is 1.87. The lowest BCUT2D eigenvalue weighted by atomic mass is 9.90. The fraction of sp³-hybridized carbons (Fsp3) is 0.533. The minimum atomic E-state index is -0.717. The molecule has 1 fully saturated rings. The number of carboxylic acids is 1. The highest BCUT2D eigenvalue weighted by Gasteiger charge is 2.40. The molecule has 2 rings (SSSR count). The molecule has 1 aliphatic heterocycles. The molecular formula is C15H21NO4. The fourth-order valence-corrected chi connectivity index (χ4v) is 2.44. The van der Waals surface area contributed by atoms with E-state index in [1.54, 1.807) is 14.0 Å². The third kappa shape index (κ3) is 3.22. The van der Waals surface area contributed by atoms with Gasteiger partial charge < -0.3 is 14.6 Å². The average molecular weight is 279 g/mol. The molecule has 0 radical (unpaired) electrons. The van der Waals surface area contributed by atoms with E-state index in [9.17, 15) is 9.90 Å². The van der Waals surface area contributed by atoms with Crippen LogP contribution in [0.2, 0.25) is 0 Å². The molecule has 110 valence electrons. The lowest BCUT2D eigenvalue weighted by Crippen LogP contribution is -2.33. The molecule has 0 bridgehead atoms. The number of carbonyl (C=O) groups is 1. The van der Waals surface area contributed by atoms with Crippen molar-refractivity contribution in [2.75, 3.05) is 33.4 Å². The van der Waals surface area contributed by atoms with Gasteiger partial charge in [0.25, 0.3) is 0 Å². The van der Waals surface area contributed by atoms with Crippen molar-refractivity contribution in [3.05, 3.63) is 24.3 Å². The van der Waals surface area contributed by atoms with E-state index in [1.165, 1.54) is 0 Å². The van der Waals surface area contributed by atoms with Crippen LogP contribution in [-0.4, -0.2) is 49.3 Å². The largest absolute Gasteiger partial charge is 0.493 e. The zero-order valence-electron chi connectivity index (χ0n) is 12.0. The number of methoxy groups -OCH3 is 1. The maximum absolute atomic E-state index is 11.2. The Hall–Kier alpha value is -1.75. The molecule has 1 heterocycles. The van der Waals surface area contributed by atoms with E-state index in [4.69, 9.17) is 9.47 Å². The van der Waals surface area contributed by atoms with Gasteiger partial charge in [0.1, 0.15) is 6.61 Å². The molecule has 0 saturated carbocycles. The molecule has 1 atom stereocenters. The van der Waals surface area contributed by atoms with Gasteiger partial charge in [-0.05, 0) is 32.0 Å². The summed E-state index contributed by atoms with van der Waals surface area (Å²) in [5, 5.41) is 9.19. The fourth-order valence-electron chi connectivity index (χ4n) is 2.44. The number of benzene rings is 1. The van der Waals surface area contributed by atoms with Crippen molar-refractivity contribution in [3.8, 4) is 11.5 Å². The van der Waals surface area contributed by atoms with E-state index in [0.29, 0.717) is 25.3 Å². The van der Waals surface area contributed by atoms with Gasteiger partial charge in [-0.3, -0.25) is 9.69 Å². The normalized spacial score (nSPS) is 22.7. The Balaban J connectivity index is 1.81. The van der Waals surface area contributed by atoms with Crippen LogP contribution < -0.4 is 9.47 Å². The molecule has 1 N–H and O–H groups in total. The maximum Gasteiger partial charge on any atom is 0.310 e. The molecule has 0 aromatic heterocycles. The van der Waals surface area contributed by atoms with Crippen LogP contribution in [-0.2, 0) is 4.79 Å².